The summed E-state index contributed by atoms with van der Waals surface area (Å²) in [7, 11) is 1.59. The number of nitrogens with zero attached hydrogens (tertiary/aromatic N) is 1. The number of hydrogen-bond donors (Lipinski definition) is 3. The van der Waals surface area contributed by atoms with Crippen molar-refractivity contribution in [1.82, 2.24) is 15.5 Å². The third-order valence-electron chi connectivity index (χ3n) is 7.98. The Morgan fingerprint density at radius 2 is 1.77 bits per heavy atom. The highest BCUT2D eigenvalue weighted by molar-refractivity contribution is 8.02. The first kappa shape index (κ1) is 23.9. The van der Waals surface area contributed by atoms with Crippen molar-refractivity contribution in [2.24, 2.45) is 17.8 Å². The van der Waals surface area contributed by atoms with Gasteiger partial charge in [0.15, 0.2) is 0 Å². The van der Waals surface area contributed by atoms with Crippen LogP contribution in [0.1, 0.15) is 30.5 Å². The summed E-state index contributed by atoms with van der Waals surface area (Å²) in [5, 5.41) is 16.3. The molecule has 2 bridgehead atoms. The number of benzene rings is 2. The van der Waals surface area contributed by atoms with Crippen molar-refractivity contribution >= 4 is 29.5 Å². The van der Waals surface area contributed by atoms with Gasteiger partial charge in [-0.1, -0.05) is 67.6 Å². The van der Waals surface area contributed by atoms with Crippen molar-refractivity contribution < 1.29 is 19.5 Å². The molecule has 0 aliphatic carbocycles. The zero-order valence-corrected chi connectivity index (χ0v) is 20.7. The van der Waals surface area contributed by atoms with Gasteiger partial charge < -0.3 is 20.6 Å². The second-order valence-electron chi connectivity index (χ2n) is 9.72. The topological polar surface area (TPSA) is 98.7 Å². The Kier molecular flexibility index (Phi) is 6.36. The van der Waals surface area contributed by atoms with E-state index < -0.39 is 28.7 Å². The predicted molar refractivity (Wildman–Crippen MR) is 134 cm³/mol. The molecule has 3 aliphatic heterocycles. The van der Waals surface area contributed by atoms with Crippen LogP contribution >= 0.6 is 11.8 Å². The molecular weight excluding hydrogens is 462 g/mol. The number of rotatable bonds is 7. The van der Waals surface area contributed by atoms with E-state index in [1.165, 1.54) is 0 Å². The first-order chi connectivity index (χ1) is 16.9. The van der Waals surface area contributed by atoms with Crippen LogP contribution < -0.4 is 10.6 Å². The summed E-state index contributed by atoms with van der Waals surface area (Å²) in [6.45, 7) is 2.12. The number of nitrogens with one attached hydrogen (secondary N) is 2. The molecule has 5 rings (SSSR count). The minimum absolute atomic E-state index is 0.00484. The smallest absolute Gasteiger partial charge is 0.244 e. The van der Waals surface area contributed by atoms with Crippen LogP contribution in [0.5, 0.6) is 0 Å². The van der Waals surface area contributed by atoms with Crippen LogP contribution in [0.2, 0.25) is 0 Å². The molecule has 7 nitrogen and oxygen atoms in total. The van der Waals surface area contributed by atoms with Crippen molar-refractivity contribution in [1.29, 1.82) is 0 Å². The number of amides is 3. The van der Waals surface area contributed by atoms with E-state index in [4.69, 9.17) is 0 Å². The van der Waals surface area contributed by atoms with Crippen molar-refractivity contribution in [2.45, 2.75) is 42.0 Å². The van der Waals surface area contributed by atoms with E-state index in [9.17, 15) is 19.5 Å². The highest BCUT2D eigenvalue weighted by Gasteiger charge is 2.76. The molecular formula is C27H31N3O4S. The van der Waals surface area contributed by atoms with E-state index in [-0.39, 0.29) is 35.5 Å². The molecule has 0 saturated carbocycles. The molecule has 2 aromatic carbocycles. The van der Waals surface area contributed by atoms with E-state index in [1.54, 1.807) is 23.7 Å². The lowest BCUT2D eigenvalue weighted by atomic mass is 9.66. The standard InChI is InChI=1S/C27H31N3O4S/c1-16-13-20-21(24(32)28-2)22-26(34)30(19(15-31)18-11-7-4-8-12-18)23(27(16,22)35-20)25(33)29-14-17-9-5-3-6-10-17/h3-12,16,19-23,31H,13-15H2,1-2H3,(H,28,32)(H,29,33)/t16?,19-,20+,21-,22+,23?,27?/m1/s1. The van der Waals surface area contributed by atoms with Crippen molar-refractivity contribution in [2.75, 3.05) is 13.7 Å². The number of likely N-dealkylation sites (tertiary alicyclic amines) is 1. The number of carbonyl (C=O) groups is 3. The SMILES string of the molecule is CNC(=O)[C@@H]1[C@@H]2CC(C)C3(S2)C(C(=O)NCc2ccccc2)N([C@H](CO)c2ccccc2)C(=O)[C@H]13. The number of fused-ring (bicyclic) bond motifs is 1. The minimum atomic E-state index is -0.791. The molecule has 184 valence electrons. The molecule has 3 fully saturated rings. The first-order valence-corrected chi connectivity index (χ1v) is 13.0. The Labute approximate surface area is 209 Å². The molecule has 3 heterocycles. The average molecular weight is 494 g/mol. The van der Waals surface area contributed by atoms with Gasteiger partial charge in [-0.3, -0.25) is 14.4 Å². The van der Waals surface area contributed by atoms with E-state index in [0.29, 0.717) is 6.54 Å². The van der Waals surface area contributed by atoms with Gasteiger partial charge in [-0.15, -0.1) is 11.8 Å². The normalized spacial score (nSPS) is 31.8. The van der Waals surface area contributed by atoms with E-state index in [0.717, 1.165) is 17.5 Å². The number of thioether (sulfide) groups is 1. The second kappa shape index (κ2) is 9.32. The Hall–Kier alpha value is -2.84. The van der Waals surface area contributed by atoms with Crippen LogP contribution in [0, 0.1) is 17.8 Å². The second-order valence-corrected chi connectivity index (χ2v) is 11.3. The van der Waals surface area contributed by atoms with Gasteiger partial charge in [-0.25, -0.2) is 0 Å². The molecule has 1 spiro atoms. The molecule has 3 saturated heterocycles. The van der Waals surface area contributed by atoms with Gasteiger partial charge in [0.05, 0.1) is 29.2 Å². The largest absolute Gasteiger partial charge is 0.394 e. The summed E-state index contributed by atoms with van der Waals surface area (Å²) in [5.74, 6) is -1.63. The maximum absolute atomic E-state index is 14.2. The minimum Gasteiger partial charge on any atom is -0.394 e. The van der Waals surface area contributed by atoms with Gasteiger partial charge >= 0.3 is 0 Å². The lowest BCUT2D eigenvalue weighted by Gasteiger charge is -2.40. The van der Waals surface area contributed by atoms with Gasteiger partial charge in [0.25, 0.3) is 0 Å². The quantitative estimate of drug-likeness (QED) is 0.549. The van der Waals surface area contributed by atoms with Crippen molar-refractivity contribution in [3.63, 3.8) is 0 Å². The predicted octanol–water partition coefficient (Wildman–Crippen LogP) is 2.12. The lowest BCUT2D eigenvalue weighted by molar-refractivity contribution is -0.143. The molecule has 0 aromatic heterocycles. The van der Waals surface area contributed by atoms with E-state index in [2.05, 4.69) is 17.6 Å². The summed E-state index contributed by atoms with van der Waals surface area (Å²) in [6.07, 6.45) is 0.776. The van der Waals surface area contributed by atoms with Gasteiger partial charge in [0.2, 0.25) is 17.7 Å². The highest BCUT2D eigenvalue weighted by atomic mass is 32.2. The summed E-state index contributed by atoms with van der Waals surface area (Å²) in [4.78, 5) is 42.6. The number of hydrogen-bond acceptors (Lipinski definition) is 5. The van der Waals surface area contributed by atoms with Gasteiger partial charge in [0.1, 0.15) is 6.04 Å². The number of aliphatic hydroxyl groups excluding tert-OH is 1. The van der Waals surface area contributed by atoms with Crippen LogP contribution in [0.25, 0.3) is 0 Å². The van der Waals surface area contributed by atoms with Crippen molar-refractivity contribution in [3.05, 3.63) is 71.8 Å². The van der Waals surface area contributed by atoms with Gasteiger partial charge in [-0.2, -0.15) is 0 Å². The Morgan fingerprint density at radius 1 is 1.11 bits per heavy atom. The Morgan fingerprint density at radius 3 is 2.40 bits per heavy atom. The maximum atomic E-state index is 14.2. The first-order valence-electron chi connectivity index (χ1n) is 12.1. The summed E-state index contributed by atoms with van der Waals surface area (Å²) in [6, 6.07) is 17.5. The fourth-order valence-corrected chi connectivity index (χ4v) is 8.88. The maximum Gasteiger partial charge on any atom is 0.244 e. The monoisotopic (exact) mass is 493 g/mol. The number of carbonyl (C=O) groups excluding carboxylic acids is 3. The summed E-state index contributed by atoms with van der Waals surface area (Å²) < 4.78 is -0.720. The van der Waals surface area contributed by atoms with E-state index >= 15 is 0 Å². The molecule has 3 amide bonds. The summed E-state index contributed by atoms with van der Waals surface area (Å²) in [5.41, 5.74) is 1.73. The highest BCUT2D eigenvalue weighted by Crippen LogP contribution is 2.69. The van der Waals surface area contributed by atoms with E-state index in [1.807, 2.05) is 60.7 Å². The fraction of sp³-hybridized carbons (Fsp3) is 0.444. The fourth-order valence-electron chi connectivity index (χ4n) is 6.47. The molecule has 0 radical (unpaired) electrons. The zero-order valence-electron chi connectivity index (χ0n) is 19.9. The third-order valence-corrected chi connectivity index (χ3v) is 10.1. The lowest BCUT2D eigenvalue weighted by Crippen LogP contribution is -2.57. The van der Waals surface area contributed by atoms with Crippen LogP contribution in [-0.2, 0) is 20.9 Å². The van der Waals surface area contributed by atoms with Crippen LogP contribution in [0.3, 0.4) is 0 Å². The Bertz CT molecular complexity index is 1110. The van der Waals surface area contributed by atoms with Crippen LogP contribution in [-0.4, -0.2) is 57.4 Å². The van der Waals surface area contributed by atoms with Gasteiger partial charge in [-0.05, 0) is 23.5 Å². The Balaban J connectivity index is 1.57. The van der Waals surface area contributed by atoms with Gasteiger partial charge in [0, 0.05) is 18.8 Å². The molecule has 3 N–H and O–H groups in total. The molecule has 3 unspecified atom stereocenters. The molecule has 3 aliphatic rings. The average Bonchev–Trinajstić information content (AvgIpc) is 3.48. The molecule has 7 atom stereocenters. The third kappa shape index (κ3) is 3.65. The summed E-state index contributed by atoms with van der Waals surface area (Å²) >= 11 is 1.63. The molecule has 8 heteroatoms. The zero-order chi connectivity index (χ0) is 24.7. The molecule has 2 aromatic rings. The van der Waals surface area contributed by atoms with Crippen LogP contribution in [0.15, 0.2) is 60.7 Å². The van der Waals surface area contributed by atoms with Crippen molar-refractivity contribution in [3.8, 4) is 0 Å². The molecule has 35 heavy (non-hydrogen) atoms. The van der Waals surface area contributed by atoms with Crippen LogP contribution in [0.4, 0.5) is 0 Å². The number of aliphatic hydroxyl groups is 1.